The van der Waals surface area contributed by atoms with Crippen molar-refractivity contribution in [2.24, 2.45) is 0 Å². The molecule has 0 amide bonds. The van der Waals surface area contributed by atoms with Gasteiger partial charge in [0.25, 0.3) is 0 Å². The summed E-state index contributed by atoms with van der Waals surface area (Å²) in [6.07, 6.45) is 8.11. The SMILES string of the molecule is C#CCC/C=C(\C)COCCOCCOCCOCCOCC(O)CO. The molecule has 0 aromatic rings. The molecule has 7 heteroatoms. The fourth-order valence-corrected chi connectivity index (χ4v) is 1.74. The Morgan fingerprint density at radius 3 is 1.92 bits per heavy atom. The third-order valence-electron chi connectivity index (χ3n) is 3.12. The van der Waals surface area contributed by atoms with E-state index in [9.17, 15) is 0 Å². The monoisotopic (exact) mass is 374 g/mol. The van der Waals surface area contributed by atoms with Crippen molar-refractivity contribution in [1.82, 2.24) is 0 Å². The summed E-state index contributed by atoms with van der Waals surface area (Å²) >= 11 is 0. The van der Waals surface area contributed by atoms with Crippen molar-refractivity contribution in [3.63, 3.8) is 0 Å². The highest BCUT2D eigenvalue weighted by molar-refractivity contribution is 5.00. The molecule has 152 valence electrons. The van der Waals surface area contributed by atoms with Crippen molar-refractivity contribution >= 4 is 0 Å². The van der Waals surface area contributed by atoms with Crippen LogP contribution in [-0.4, -0.2) is 89.0 Å². The van der Waals surface area contributed by atoms with E-state index in [2.05, 4.69) is 12.0 Å². The van der Waals surface area contributed by atoms with E-state index in [4.69, 9.17) is 40.3 Å². The second-order valence-electron chi connectivity index (χ2n) is 5.59. The van der Waals surface area contributed by atoms with Gasteiger partial charge in [0.05, 0.1) is 72.7 Å². The number of allylic oxidation sites excluding steroid dienone is 1. The first-order valence-electron chi connectivity index (χ1n) is 8.97. The Hall–Kier alpha value is -0.980. The number of aliphatic hydroxyl groups excluding tert-OH is 2. The summed E-state index contributed by atoms with van der Waals surface area (Å²) in [6.45, 7) is 6.30. The quantitative estimate of drug-likeness (QED) is 0.196. The maximum absolute atomic E-state index is 9.05. The van der Waals surface area contributed by atoms with Crippen LogP contribution in [0.15, 0.2) is 11.6 Å². The average molecular weight is 374 g/mol. The van der Waals surface area contributed by atoms with Gasteiger partial charge in [0, 0.05) is 6.42 Å². The zero-order valence-electron chi connectivity index (χ0n) is 15.9. The van der Waals surface area contributed by atoms with Gasteiger partial charge in [-0.1, -0.05) is 11.6 Å². The Labute approximate surface area is 157 Å². The van der Waals surface area contributed by atoms with Crippen LogP contribution >= 0.6 is 0 Å². The summed E-state index contributed by atoms with van der Waals surface area (Å²) in [6, 6.07) is 0. The normalized spacial score (nSPS) is 12.9. The third-order valence-corrected chi connectivity index (χ3v) is 3.12. The van der Waals surface area contributed by atoms with Gasteiger partial charge in [0.15, 0.2) is 0 Å². The maximum atomic E-state index is 9.05. The van der Waals surface area contributed by atoms with E-state index in [1.165, 1.54) is 5.57 Å². The van der Waals surface area contributed by atoms with Crippen molar-refractivity contribution in [3.8, 4) is 12.3 Å². The summed E-state index contributed by atoms with van der Waals surface area (Å²) in [5, 5.41) is 17.6. The van der Waals surface area contributed by atoms with Crippen LogP contribution in [0.3, 0.4) is 0 Å². The van der Waals surface area contributed by atoms with Crippen LogP contribution in [-0.2, 0) is 23.7 Å². The molecule has 0 saturated heterocycles. The van der Waals surface area contributed by atoms with Crippen LogP contribution in [0.25, 0.3) is 0 Å². The first kappa shape index (κ1) is 25.0. The first-order chi connectivity index (χ1) is 12.7. The van der Waals surface area contributed by atoms with Crippen LogP contribution in [0.4, 0.5) is 0 Å². The smallest absolute Gasteiger partial charge is 0.100 e. The molecule has 0 saturated carbocycles. The lowest BCUT2D eigenvalue weighted by atomic mass is 10.2. The molecule has 1 atom stereocenters. The molecule has 0 aromatic carbocycles. The average Bonchev–Trinajstić information content (AvgIpc) is 2.64. The standard InChI is InChI=1S/C19H34O7/c1-3-4-5-6-18(2)16-25-13-11-23-9-7-22-8-10-24-12-14-26-17-19(21)15-20/h1,6,19-21H,4-5,7-17H2,2H3/b18-6+. The molecule has 0 aromatic heterocycles. The predicted octanol–water partition coefficient (Wildman–Crippen LogP) is 0.782. The molecule has 7 nitrogen and oxygen atoms in total. The van der Waals surface area contributed by atoms with E-state index >= 15 is 0 Å². The summed E-state index contributed by atoms with van der Waals surface area (Å²) in [4.78, 5) is 0. The highest BCUT2D eigenvalue weighted by atomic mass is 16.6. The number of hydrogen-bond acceptors (Lipinski definition) is 7. The molecule has 0 bridgehead atoms. The fraction of sp³-hybridized carbons (Fsp3) is 0.789. The molecular formula is C19H34O7. The highest BCUT2D eigenvalue weighted by Crippen LogP contribution is 1.98. The molecule has 0 radical (unpaired) electrons. The molecule has 0 aliphatic carbocycles. The van der Waals surface area contributed by atoms with Gasteiger partial charge in [-0.15, -0.1) is 12.3 Å². The van der Waals surface area contributed by atoms with Crippen LogP contribution in [0.2, 0.25) is 0 Å². The Bertz CT molecular complexity index is 365. The summed E-state index contributed by atoms with van der Waals surface area (Å²) in [5.41, 5.74) is 1.18. The Kier molecular flexibility index (Phi) is 19.6. The van der Waals surface area contributed by atoms with E-state index in [1.54, 1.807) is 0 Å². The van der Waals surface area contributed by atoms with Gasteiger partial charge < -0.3 is 33.9 Å². The van der Waals surface area contributed by atoms with Crippen molar-refractivity contribution in [2.45, 2.75) is 25.9 Å². The Morgan fingerprint density at radius 2 is 1.42 bits per heavy atom. The lowest BCUT2D eigenvalue weighted by Gasteiger charge is -2.09. The Balaban J connectivity index is 3.16. The van der Waals surface area contributed by atoms with Crippen molar-refractivity contribution in [1.29, 1.82) is 0 Å². The van der Waals surface area contributed by atoms with Gasteiger partial charge >= 0.3 is 0 Å². The van der Waals surface area contributed by atoms with E-state index in [1.807, 2.05) is 6.92 Å². The van der Waals surface area contributed by atoms with Gasteiger partial charge in [-0.05, 0) is 13.3 Å². The minimum Gasteiger partial charge on any atom is -0.394 e. The minimum atomic E-state index is -0.830. The molecule has 26 heavy (non-hydrogen) atoms. The second kappa shape index (κ2) is 20.3. The van der Waals surface area contributed by atoms with Crippen LogP contribution in [0, 0.1) is 12.3 Å². The first-order valence-corrected chi connectivity index (χ1v) is 8.97. The molecular weight excluding hydrogens is 340 g/mol. The van der Waals surface area contributed by atoms with E-state index in [0.29, 0.717) is 59.5 Å². The molecule has 0 aliphatic heterocycles. The summed E-state index contributed by atoms with van der Waals surface area (Å²) < 4.78 is 26.7. The lowest BCUT2D eigenvalue weighted by molar-refractivity contribution is -0.0285. The van der Waals surface area contributed by atoms with Crippen LogP contribution in [0.1, 0.15) is 19.8 Å². The van der Waals surface area contributed by atoms with Gasteiger partial charge in [0.1, 0.15) is 6.10 Å². The van der Waals surface area contributed by atoms with Gasteiger partial charge in [-0.2, -0.15) is 0 Å². The lowest BCUT2D eigenvalue weighted by Crippen LogP contribution is -2.21. The van der Waals surface area contributed by atoms with E-state index in [0.717, 1.165) is 12.8 Å². The fourth-order valence-electron chi connectivity index (χ4n) is 1.74. The zero-order valence-corrected chi connectivity index (χ0v) is 15.9. The number of ether oxygens (including phenoxy) is 5. The highest BCUT2D eigenvalue weighted by Gasteiger charge is 2.00. The maximum Gasteiger partial charge on any atom is 0.100 e. The number of aliphatic hydroxyl groups is 2. The topological polar surface area (TPSA) is 86.6 Å². The number of unbranched alkanes of at least 4 members (excludes halogenated alkanes) is 1. The molecule has 2 N–H and O–H groups in total. The van der Waals surface area contributed by atoms with Gasteiger partial charge in [-0.25, -0.2) is 0 Å². The van der Waals surface area contributed by atoms with E-state index < -0.39 is 6.10 Å². The third kappa shape index (κ3) is 19.3. The minimum absolute atomic E-state index is 0.110. The molecule has 0 spiro atoms. The summed E-state index contributed by atoms with van der Waals surface area (Å²) in [7, 11) is 0. The molecule has 0 fully saturated rings. The van der Waals surface area contributed by atoms with Gasteiger partial charge in [-0.3, -0.25) is 0 Å². The number of terminal acetylenes is 1. The van der Waals surface area contributed by atoms with Crippen molar-refractivity contribution in [3.05, 3.63) is 11.6 Å². The number of hydrogen-bond donors (Lipinski definition) is 2. The van der Waals surface area contributed by atoms with E-state index in [-0.39, 0.29) is 13.2 Å². The summed E-state index contributed by atoms with van der Waals surface area (Å²) in [5.74, 6) is 2.60. The molecule has 0 aliphatic rings. The molecule has 0 rings (SSSR count). The van der Waals surface area contributed by atoms with Crippen LogP contribution < -0.4 is 0 Å². The zero-order chi connectivity index (χ0) is 19.3. The van der Waals surface area contributed by atoms with Crippen molar-refractivity contribution in [2.75, 3.05) is 72.7 Å². The predicted molar refractivity (Wildman–Crippen MR) is 99.0 cm³/mol. The van der Waals surface area contributed by atoms with Crippen molar-refractivity contribution < 1.29 is 33.9 Å². The number of rotatable bonds is 19. The molecule has 1 unspecified atom stereocenters. The Morgan fingerprint density at radius 1 is 0.923 bits per heavy atom. The van der Waals surface area contributed by atoms with Gasteiger partial charge in [0.2, 0.25) is 0 Å². The second-order valence-corrected chi connectivity index (χ2v) is 5.59. The largest absolute Gasteiger partial charge is 0.394 e. The molecule has 0 heterocycles. The van der Waals surface area contributed by atoms with Crippen LogP contribution in [0.5, 0.6) is 0 Å².